The first kappa shape index (κ1) is 36.6. The first-order valence-electron chi connectivity index (χ1n) is 18.4. The summed E-state index contributed by atoms with van der Waals surface area (Å²) in [6, 6.07) is 3.95. The molecule has 8 nitrogen and oxygen atoms in total. The molecule has 1 aromatic carbocycles. The second kappa shape index (κ2) is 13.5. The van der Waals surface area contributed by atoms with E-state index in [1.165, 1.54) is 6.42 Å². The summed E-state index contributed by atoms with van der Waals surface area (Å²) in [7, 11) is 0. The van der Waals surface area contributed by atoms with Crippen LogP contribution in [0.15, 0.2) is 12.1 Å². The van der Waals surface area contributed by atoms with Gasteiger partial charge in [0.05, 0.1) is 19.8 Å². The van der Waals surface area contributed by atoms with Crippen molar-refractivity contribution < 1.29 is 39.8 Å². The number of carboxylic acids is 1. The third-order valence-corrected chi connectivity index (χ3v) is 13.7. The van der Waals surface area contributed by atoms with Gasteiger partial charge in [-0.3, -0.25) is 4.79 Å². The number of carbonyl (C=O) groups is 1. The second-order valence-corrected chi connectivity index (χ2v) is 17.1. The van der Waals surface area contributed by atoms with Gasteiger partial charge in [-0.25, -0.2) is 0 Å². The molecule has 1 aromatic rings. The first-order valence-corrected chi connectivity index (χ1v) is 18.4. The average molecular weight is 659 g/mol. The van der Waals surface area contributed by atoms with E-state index < -0.39 is 17.5 Å². The topological polar surface area (TPSA) is 137 Å². The third-order valence-electron chi connectivity index (χ3n) is 13.7. The summed E-state index contributed by atoms with van der Waals surface area (Å²) in [6.45, 7) is 15.7. The normalized spacial score (nSPS) is 37.0. The number of hydrogen-bond donors (Lipinski definition) is 5. The molecule has 0 amide bonds. The van der Waals surface area contributed by atoms with E-state index in [9.17, 15) is 30.3 Å². The van der Waals surface area contributed by atoms with Crippen LogP contribution < -0.4 is 0 Å². The van der Waals surface area contributed by atoms with Crippen LogP contribution in [0.25, 0.3) is 0 Å². The number of hydrogen-bond acceptors (Lipinski definition) is 7. The maximum absolute atomic E-state index is 11.6. The Bertz CT molecular complexity index is 1250. The molecule has 0 saturated heterocycles. The van der Waals surface area contributed by atoms with Crippen molar-refractivity contribution >= 4 is 5.97 Å². The zero-order valence-electron chi connectivity index (χ0n) is 29.9. The zero-order valence-corrected chi connectivity index (χ0v) is 29.9. The first-order chi connectivity index (χ1) is 21.9. The molecule has 47 heavy (non-hydrogen) atoms. The van der Waals surface area contributed by atoms with Gasteiger partial charge < -0.3 is 35.0 Å². The summed E-state index contributed by atoms with van der Waals surface area (Å²) in [5.74, 6) is -1.99. The summed E-state index contributed by atoms with van der Waals surface area (Å²) in [4.78, 5) is 11.3. The van der Waals surface area contributed by atoms with Crippen LogP contribution in [0.3, 0.4) is 0 Å². The number of phenols is 1. The number of ether oxygens (including phenoxy) is 2. The smallest absolute Gasteiger partial charge is 0.303 e. The largest absolute Gasteiger partial charge is 0.507 e. The van der Waals surface area contributed by atoms with Crippen LogP contribution in [0.5, 0.6) is 5.75 Å². The van der Waals surface area contributed by atoms with Gasteiger partial charge in [0.15, 0.2) is 0 Å². The lowest BCUT2D eigenvalue weighted by Crippen LogP contribution is -2.67. The van der Waals surface area contributed by atoms with Gasteiger partial charge in [-0.05, 0) is 132 Å². The lowest BCUT2D eigenvalue weighted by atomic mass is 9.43. The monoisotopic (exact) mass is 658 g/mol. The quantitative estimate of drug-likeness (QED) is 0.117. The number of phenolic OH excluding ortho intramolecular Hbond substituents is 1. The summed E-state index contributed by atoms with van der Waals surface area (Å²) in [5, 5.41) is 54.5. The SMILES string of the molecule is CC(C)c1cc(COCCO[C@]2(O)CC3CCC4C(CC[C@@]5(C)C4CC[C@@H]5[C@H](C)CCC(=O)O)[C@@]3(C)CC2(O)O)cc(C(C)C)c1O. The van der Waals surface area contributed by atoms with Crippen molar-refractivity contribution in [1.29, 1.82) is 0 Å². The van der Waals surface area contributed by atoms with Gasteiger partial charge in [0, 0.05) is 19.3 Å². The summed E-state index contributed by atoms with van der Waals surface area (Å²) < 4.78 is 11.8. The van der Waals surface area contributed by atoms with Crippen molar-refractivity contribution in [2.75, 3.05) is 13.2 Å². The molecule has 4 fully saturated rings. The van der Waals surface area contributed by atoms with Crippen molar-refractivity contribution in [2.24, 2.45) is 46.3 Å². The van der Waals surface area contributed by atoms with E-state index >= 15 is 0 Å². The number of rotatable bonds is 12. The van der Waals surface area contributed by atoms with Gasteiger partial charge in [0.2, 0.25) is 11.6 Å². The number of fused-ring (bicyclic) bond motifs is 5. The zero-order chi connectivity index (χ0) is 34.5. The Morgan fingerprint density at radius 2 is 1.53 bits per heavy atom. The van der Waals surface area contributed by atoms with Crippen molar-refractivity contribution in [1.82, 2.24) is 0 Å². The molecule has 4 unspecified atom stereocenters. The maximum atomic E-state index is 11.6. The van der Waals surface area contributed by atoms with Crippen LogP contribution in [0.2, 0.25) is 0 Å². The lowest BCUT2D eigenvalue weighted by Gasteiger charge is -2.64. The van der Waals surface area contributed by atoms with E-state index in [2.05, 4.69) is 48.5 Å². The highest BCUT2D eigenvalue weighted by atomic mass is 16.7. The molecular weight excluding hydrogens is 596 g/mol. The number of benzene rings is 1. The fourth-order valence-electron chi connectivity index (χ4n) is 11.2. The number of aliphatic carboxylic acids is 1. The van der Waals surface area contributed by atoms with Gasteiger partial charge in [0.1, 0.15) is 5.75 Å². The molecule has 4 saturated carbocycles. The summed E-state index contributed by atoms with van der Waals surface area (Å²) in [5.41, 5.74) is 2.64. The molecule has 0 aromatic heterocycles. The molecule has 4 aliphatic rings. The standard InChI is InChI=1S/C39H62O8/c1-23(2)29-18-26(19-30(24(3)4)35(29)42)21-46-16-17-47-39(45)20-27-9-10-28-32-12-11-31(25(5)8-13-34(40)41)36(32,6)15-14-33(28)37(27,7)22-38(39,43)44/h18-19,23-25,27-28,31-33,42-45H,8-17,20-22H2,1-7H3,(H,40,41)/t25-,27?,28?,31-,32?,33?,36-,37+,39-/m1/s1. The Labute approximate surface area is 282 Å². The van der Waals surface area contributed by atoms with Crippen LogP contribution in [0.1, 0.15) is 141 Å². The average Bonchev–Trinajstić information content (AvgIpc) is 3.34. The van der Waals surface area contributed by atoms with Crippen molar-refractivity contribution in [3.05, 3.63) is 28.8 Å². The van der Waals surface area contributed by atoms with Gasteiger partial charge in [-0.1, -0.05) is 48.5 Å². The van der Waals surface area contributed by atoms with E-state index in [0.717, 1.165) is 55.2 Å². The van der Waals surface area contributed by atoms with Crippen LogP contribution in [-0.4, -0.2) is 56.3 Å². The van der Waals surface area contributed by atoms with Crippen LogP contribution in [0.4, 0.5) is 0 Å². The van der Waals surface area contributed by atoms with Crippen LogP contribution in [0, 0.1) is 46.3 Å². The minimum atomic E-state index is -2.38. The molecule has 9 atom stereocenters. The third kappa shape index (κ3) is 6.75. The summed E-state index contributed by atoms with van der Waals surface area (Å²) >= 11 is 0. The Kier molecular flexibility index (Phi) is 10.5. The van der Waals surface area contributed by atoms with Gasteiger partial charge in [-0.2, -0.15) is 0 Å². The highest BCUT2D eigenvalue weighted by Crippen LogP contribution is 2.69. The highest BCUT2D eigenvalue weighted by molar-refractivity contribution is 5.66. The van der Waals surface area contributed by atoms with Gasteiger partial charge in [0.25, 0.3) is 0 Å². The van der Waals surface area contributed by atoms with E-state index in [-0.39, 0.29) is 61.1 Å². The Balaban J connectivity index is 1.20. The molecule has 266 valence electrons. The molecule has 0 spiro atoms. The van der Waals surface area contributed by atoms with E-state index in [1.54, 1.807) is 0 Å². The molecule has 8 heteroatoms. The Morgan fingerprint density at radius 3 is 2.15 bits per heavy atom. The van der Waals surface area contributed by atoms with E-state index in [4.69, 9.17) is 9.47 Å². The Hall–Kier alpha value is -1.71. The predicted molar refractivity (Wildman–Crippen MR) is 181 cm³/mol. The van der Waals surface area contributed by atoms with Gasteiger partial charge in [-0.15, -0.1) is 0 Å². The number of aliphatic hydroxyl groups is 3. The fourth-order valence-corrected chi connectivity index (χ4v) is 11.2. The Morgan fingerprint density at radius 1 is 0.894 bits per heavy atom. The van der Waals surface area contributed by atoms with E-state index in [0.29, 0.717) is 41.9 Å². The molecule has 0 aliphatic heterocycles. The molecule has 0 bridgehead atoms. The molecule has 0 radical (unpaired) electrons. The summed E-state index contributed by atoms with van der Waals surface area (Å²) in [6.07, 6.45) is 7.66. The maximum Gasteiger partial charge on any atom is 0.303 e. The van der Waals surface area contributed by atoms with Crippen LogP contribution >= 0.6 is 0 Å². The van der Waals surface area contributed by atoms with Crippen molar-refractivity contribution in [2.45, 2.75) is 143 Å². The highest BCUT2D eigenvalue weighted by Gasteiger charge is 2.67. The molecular formula is C39H62O8. The van der Waals surface area contributed by atoms with Gasteiger partial charge >= 0.3 is 5.97 Å². The minimum Gasteiger partial charge on any atom is -0.507 e. The fraction of sp³-hybridized carbons (Fsp3) is 0.821. The second-order valence-electron chi connectivity index (χ2n) is 17.1. The van der Waals surface area contributed by atoms with Crippen LogP contribution in [-0.2, 0) is 20.9 Å². The number of aromatic hydroxyl groups is 1. The van der Waals surface area contributed by atoms with E-state index in [1.807, 2.05) is 12.1 Å². The number of carboxylic acid groups (broad SMARTS) is 1. The lowest BCUT2D eigenvalue weighted by molar-refractivity contribution is -0.412. The molecule has 5 rings (SSSR count). The molecule has 5 N–H and O–H groups in total. The van der Waals surface area contributed by atoms with Crippen molar-refractivity contribution in [3.63, 3.8) is 0 Å². The predicted octanol–water partition coefficient (Wildman–Crippen LogP) is 7.31. The minimum absolute atomic E-state index is 0.0307. The van der Waals surface area contributed by atoms with Crippen molar-refractivity contribution in [3.8, 4) is 5.75 Å². The molecule has 0 heterocycles. The molecule has 4 aliphatic carbocycles.